The molecular weight excluding hydrogens is 214 g/mol. The van der Waals surface area contributed by atoms with Crippen LogP contribution in [0.15, 0.2) is 24.5 Å². The van der Waals surface area contributed by atoms with E-state index in [9.17, 15) is 5.11 Å². The van der Waals surface area contributed by atoms with Gasteiger partial charge in [-0.05, 0) is 43.6 Å². The van der Waals surface area contributed by atoms with Crippen LogP contribution in [0.2, 0.25) is 0 Å². The normalized spacial score (nSPS) is 19.8. The summed E-state index contributed by atoms with van der Waals surface area (Å²) in [5, 5.41) is 19.3. The van der Waals surface area contributed by atoms with E-state index in [2.05, 4.69) is 16.0 Å². The fraction of sp³-hybridized carbons (Fsp3) is 0.538. The van der Waals surface area contributed by atoms with Gasteiger partial charge in [0.25, 0.3) is 0 Å². The van der Waals surface area contributed by atoms with Gasteiger partial charge in [-0.2, -0.15) is 5.26 Å². The molecular formula is C13H17N3O. The fourth-order valence-corrected chi connectivity index (χ4v) is 2.25. The first-order valence-electron chi connectivity index (χ1n) is 6.01. The lowest BCUT2D eigenvalue weighted by molar-refractivity contribution is 0.112. The molecule has 1 aliphatic heterocycles. The van der Waals surface area contributed by atoms with Crippen LogP contribution in [0, 0.1) is 17.2 Å². The lowest BCUT2D eigenvalue weighted by Crippen LogP contribution is -2.29. The summed E-state index contributed by atoms with van der Waals surface area (Å²) in [6, 6.07) is 5.74. The summed E-state index contributed by atoms with van der Waals surface area (Å²) in [6.07, 6.45) is 4.96. The fourth-order valence-electron chi connectivity index (χ4n) is 2.25. The number of aliphatic hydroxyl groups excluding tert-OH is 1. The van der Waals surface area contributed by atoms with Crippen LogP contribution in [0.1, 0.15) is 24.5 Å². The molecule has 1 N–H and O–H groups in total. The Morgan fingerprint density at radius 3 is 2.59 bits per heavy atom. The van der Waals surface area contributed by atoms with Gasteiger partial charge >= 0.3 is 0 Å². The zero-order chi connectivity index (χ0) is 12.1. The zero-order valence-electron chi connectivity index (χ0n) is 9.79. The highest BCUT2D eigenvalue weighted by atomic mass is 16.3. The van der Waals surface area contributed by atoms with E-state index < -0.39 is 6.10 Å². The third-order valence-corrected chi connectivity index (χ3v) is 3.25. The van der Waals surface area contributed by atoms with Crippen molar-refractivity contribution in [3.63, 3.8) is 0 Å². The minimum absolute atomic E-state index is 0.365. The van der Waals surface area contributed by atoms with Gasteiger partial charge in [0.2, 0.25) is 0 Å². The quantitative estimate of drug-likeness (QED) is 0.849. The first-order valence-corrected chi connectivity index (χ1v) is 6.01. The highest BCUT2D eigenvalue weighted by Gasteiger charge is 2.24. The molecule has 1 aromatic rings. The van der Waals surface area contributed by atoms with Crippen LogP contribution in [-0.2, 0) is 0 Å². The van der Waals surface area contributed by atoms with Crippen LogP contribution in [0.25, 0.3) is 0 Å². The van der Waals surface area contributed by atoms with Crippen molar-refractivity contribution in [2.45, 2.75) is 18.9 Å². The van der Waals surface area contributed by atoms with Crippen molar-refractivity contribution >= 4 is 0 Å². The van der Waals surface area contributed by atoms with E-state index in [-0.39, 0.29) is 5.92 Å². The van der Waals surface area contributed by atoms with Crippen molar-refractivity contribution in [1.82, 2.24) is 9.88 Å². The first-order chi connectivity index (χ1) is 8.31. The molecule has 1 fully saturated rings. The van der Waals surface area contributed by atoms with Gasteiger partial charge in [0.15, 0.2) is 0 Å². The Hall–Kier alpha value is -1.44. The molecule has 17 heavy (non-hydrogen) atoms. The van der Waals surface area contributed by atoms with Crippen molar-refractivity contribution in [2.24, 2.45) is 5.92 Å². The summed E-state index contributed by atoms with van der Waals surface area (Å²) in [5.41, 5.74) is 0.769. The second-order valence-electron chi connectivity index (χ2n) is 4.47. The molecule has 4 nitrogen and oxygen atoms in total. The lowest BCUT2D eigenvalue weighted by Gasteiger charge is -2.22. The Labute approximate surface area is 102 Å². The monoisotopic (exact) mass is 231 g/mol. The molecule has 0 aromatic carbocycles. The van der Waals surface area contributed by atoms with E-state index in [0.717, 1.165) is 18.7 Å². The molecule has 90 valence electrons. The van der Waals surface area contributed by atoms with Crippen LogP contribution in [-0.4, -0.2) is 34.6 Å². The van der Waals surface area contributed by atoms with Gasteiger partial charge in [0.05, 0.1) is 18.1 Å². The van der Waals surface area contributed by atoms with Gasteiger partial charge in [-0.25, -0.2) is 0 Å². The highest BCUT2D eigenvalue weighted by molar-refractivity contribution is 5.16. The number of hydrogen-bond donors (Lipinski definition) is 1. The smallest absolute Gasteiger partial charge is 0.0961 e. The minimum atomic E-state index is -0.719. The number of likely N-dealkylation sites (tertiary alicyclic amines) is 1. The summed E-state index contributed by atoms with van der Waals surface area (Å²) in [5.74, 6) is -0.365. The van der Waals surface area contributed by atoms with Crippen LogP contribution >= 0.6 is 0 Å². The molecule has 4 heteroatoms. The summed E-state index contributed by atoms with van der Waals surface area (Å²) in [7, 11) is 0. The average molecular weight is 231 g/mol. The van der Waals surface area contributed by atoms with E-state index in [4.69, 9.17) is 5.26 Å². The molecule has 0 bridgehead atoms. The first kappa shape index (κ1) is 12.0. The predicted octanol–water partition coefficient (Wildman–Crippen LogP) is 1.35. The molecule has 2 heterocycles. The van der Waals surface area contributed by atoms with Crippen LogP contribution in [0.3, 0.4) is 0 Å². The molecule has 0 aliphatic carbocycles. The zero-order valence-corrected chi connectivity index (χ0v) is 9.79. The number of hydrogen-bond acceptors (Lipinski definition) is 4. The standard InChI is InChI=1S/C13H17N3O/c14-9-12(10-16-7-1-2-8-16)13(17)11-3-5-15-6-4-11/h3-6,12-13,17H,1-2,7-8,10H2. The molecule has 1 aromatic heterocycles. The molecule has 1 aliphatic rings. The van der Waals surface area contributed by atoms with Gasteiger partial charge < -0.3 is 10.0 Å². The van der Waals surface area contributed by atoms with E-state index in [1.807, 2.05) is 0 Å². The SMILES string of the molecule is N#CC(CN1CCCC1)C(O)c1ccncc1. The molecule has 2 rings (SSSR count). The summed E-state index contributed by atoms with van der Waals surface area (Å²) >= 11 is 0. The maximum absolute atomic E-state index is 10.2. The van der Waals surface area contributed by atoms with E-state index in [1.54, 1.807) is 24.5 Å². The number of nitriles is 1. The lowest BCUT2D eigenvalue weighted by atomic mass is 9.97. The largest absolute Gasteiger partial charge is 0.387 e. The third kappa shape index (κ3) is 3.02. The van der Waals surface area contributed by atoms with E-state index in [1.165, 1.54) is 12.8 Å². The molecule has 1 saturated heterocycles. The Morgan fingerprint density at radius 1 is 1.35 bits per heavy atom. The Kier molecular flexibility index (Phi) is 4.08. The maximum atomic E-state index is 10.2. The van der Waals surface area contributed by atoms with Gasteiger partial charge in [0.1, 0.15) is 0 Å². The average Bonchev–Trinajstić information content (AvgIpc) is 2.89. The minimum Gasteiger partial charge on any atom is -0.387 e. The number of rotatable bonds is 4. The second-order valence-corrected chi connectivity index (χ2v) is 4.47. The summed E-state index contributed by atoms with van der Waals surface area (Å²) in [6.45, 7) is 2.74. The van der Waals surface area contributed by atoms with Crippen molar-refractivity contribution < 1.29 is 5.11 Å². The molecule has 2 unspecified atom stereocenters. The van der Waals surface area contributed by atoms with Crippen molar-refractivity contribution in [3.8, 4) is 6.07 Å². The summed E-state index contributed by atoms with van der Waals surface area (Å²) in [4.78, 5) is 6.16. The van der Waals surface area contributed by atoms with Crippen molar-refractivity contribution in [2.75, 3.05) is 19.6 Å². The Bertz CT molecular complexity index is 381. The maximum Gasteiger partial charge on any atom is 0.0961 e. The van der Waals surface area contributed by atoms with Crippen LogP contribution in [0.4, 0.5) is 0 Å². The highest BCUT2D eigenvalue weighted by Crippen LogP contribution is 2.23. The second kappa shape index (κ2) is 5.76. The number of aromatic nitrogens is 1. The third-order valence-electron chi connectivity index (χ3n) is 3.25. The van der Waals surface area contributed by atoms with Crippen molar-refractivity contribution in [3.05, 3.63) is 30.1 Å². The van der Waals surface area contributed by atoms with E-state index in [0.29, 0.717) is 6.54 Å². The molecule has 0 amide bonds. The Balaban J connectivity index is 2.00. The van der Waals surface area contributed by atoms with Gasteiger partial charge in [-0.15, -0.1) is 0 Å². The predicted molar refractivity (Wildman–Crippen MR) is 64.0 cm³/mol. The van der Waals surface area contributed by atoms with Crippen LogP contribution in [0.5, 0.6) is 0 Å². The molecule has 0 radical (unpaired) electrons. The Morgan fingerprint density at radius 2 is 2.00 bits per heavy atom. The van der Waals surface area contributed by atoms with Gasteiger partial charge in [-0.1, -0.05) is 0 Å². The number of aliphatic hydroxyl groups is 1. The van der Waals surface area contributed by atoms with Gasteiger partial charge in [0, 0.05) is 18.9 Å². The van der Waals surface area contributed by atoms with Crippen molar-refractivity contribution in [1.29, 1.82) is 5.26 Å². The molecule has 0 spiro atoms. The van der Waals surface area contributed by atoms with Gasteiger partial charge in [-0.3, -0.25) is 4.98 Å². The summed E-state index contributed by atoms with van der Waals surface area (Å²) < 4.78 is 0. The molecule has 0 saturated carbocycles. The number of nitrogens with zero attached hydrogens (tertiary/aromatic N) is 3. The van der Waals surface area contributed by atoms with E-state index >= 15 is 0 Å². The number of pyridine rings is 1. The molecule has 2 atom stereocenters. The topological polar surface area (TPSA) is 60.2 Å². The van der Waals surface area contributed by atoms with Crippen LogP contribution < -0.4 is 0 Å².